The van der Waals surface area contributed by atoms with Gasteiger partial charge in [-0.15, -0.1) is 0 Å². The molecule has 17 aromatic carbocycles. The van der Waals surface area contributed by atoms with Gasteiger partial charge >= 0.3 is 0 Å². The van der Waals surface area contributed by atoms with Crippen LogP contribution in [0.3, 0.4) is 0 Å². The van der Waals surface area contributed by atoms with Crippen molar-refractivity contribution in [1.29, 1.82) is 0 Å². The summed E-state index contributed by atoms with van der Waals surface area (Å²) in [5.41, 5.74) is 26.6. The molecule has 4 heteroatoms. The summed E-state index contributed by atoms with van der Waals surface area (Å²) in [6.07, 6.45) is 0. The molecule has 476 valence electrons. The van der Waals surface area contributed by atoms with Crippen LogP contribution in [0.4, 0.5) is 0 Å². The number of hydrogen-bond donors (Lipinski definition) is 0. The summed E-state index contributed by atoms with van der Waals surface area (Å²) in [5, 5.41) is 15.1. The van der Waals surface area contributed by atoms with E-state index in [9.17, 15) is 0 Å². The number of para-hydroxylation sites is 5. The fourth-order valence-electron chi connectivity index (χ4n) is 16.2. The third kappa shape index (κ3) is 9.83. The third-order valence-electron chi connectivity index (χ3n) is 21.0. The van der Waals surface area contributed by atoms with Gasteiger partial charge in [-0.25, -0.2) is 0 Å². The number of benzene rings is 17. The smallest absolute Gasteiger partial charge is 0.0541 e. The van der Waals surface area contributed by atoms with Gasteiger partial charge in [-0.1, -0.05) is 273 Å². The molecule has 0 aliphatic carbocycles. The van der Waals surface area contributed by atoms with Crippen molar-refractivity contribution in [3.05, 3.63) is 388 Å². The van der Waals surface area contributed by atoms with Gasteiger partial charge in [0.2, 0.25) is 0 Å². The first-order valence-corrected chi connectivity index (χ1v) is 35.1. The summed E-state index contributed by atoms with van der Waals surface area (Å²) >= 11 is 0. The Hall–Kier alpha value is -13.5. The van der Waals surface area contributed by atoms with Crippen molar-refractivity contribution in [2.75, 3.05) is 0 Å². The molecule has 0 radical (unpaired) electrons. The van der Waals surface area contributed by atoms with Crippen LogP contribution in [-0.4, -0.2) is 18.3 Å². The van der Waals surface area contributed by atoms with Crippen molar-refractivity contribution in [3.63, 3.8) is 0 Å². The molecule has 21 aromatic rings. The zero-order valence-electron chi connectivity index (χ0n) is 55.7. The van der Waals surface area contributed by atoms with E-state index in [1.807, 2.05) is 0 Å². The molecule has 0 saturated carbocycles. The molecule has 0 atom stereocenters. The Morgan fingerprint density at radius 3 is 0.833 bits per heavy atom. The maximum absolute atomic E-state index is 2.43. The lowest BCUT2D eigenvalue weighted by Crippen LogP contribution is -1.97. The molecule has 4 aromatic heterocycles. The van der Waals surface area contributed by atoms with Gasteiger partial charge < -0.3 is 18.3 Å². The normalized spacial score (nSPS) is 11.7. The van der Waals surface area contributed by atoms with Gasteiger partial charge in [0.25, 0.3) is 0 Å². The van der Waals surface area contributed by atoms with Crippen LogP contribution >= 0.6 is 0 Å². The number of aromatic nitrogens is 4. The molecule has 102 heavy (non-hydrogen) atoms. The van der Waals surface area contributed by atoms with E-state index >= 15 is 0 Å². The van der Waals surface area contributed by atoms with Gasteiger partial charge in [-0.3, -0.25) is 0 Å². The maximum atomic E-state index is 2.43. The quantitative estimate of drug-likeness (QED) is 0.137. The molecule has 0 aliphatic rings. The van der Waals surface area contributed by atoms with E-state index in [-0.39, 0.29) is 0 Å². The lowest BCUT2D eigenvalue weighted by Gasteiger charge is -2.14. The first-order chi connectivity index (χ1) is 50.6. The highest BCUT2D eigenvalue weighted by Crippen LogP contribution is 2.43. The molecule has 0 aliphatic heterocycles. The molecule has 0 spiro atoms. The molecule has 0 bridgehead atoms. The first-order valence-electron chi connectivity index (χ1n) is 35.1. The van der Waals surface area contributed by atoms with Gasteiger partial charge in [0.15, 0.2) is 0 Å². The largest absolute Gasteiger partial charge is 0.309 e. The first kappa shape index (κ1) is 58.6. The minimum absolute atomic E-state index is 1.15. The van der Waals surface area contributed by atoms with Gasteiger partial charge in [0, 0.05) is 65.7 Å². The minimum atomic E-state index is 1.15. The second kappa shape index (κ2) is 24.2. The Kier molecular flexibility index (Phi) is 13.9. The summed E-state index contributed by atoms with van der Waals surface area (Å²) in [6.45, 7) is 0. The minimum Gasteiger partial charge on any atom is -0.309 e. The van der Waals surface area contributed by atoms with Crippen molar-refractivity contribution in [1.82, 2.24) is 18.3 Å². The molecule has 4 heterocycles. The number of fused-ring (bicyclic) bond motifs is 14. The topological polar surface area (TPSA) is 19.7 Å². The Morgan fingerprint density at radius 2 is 0.412 bits per heavy atom. The van der Waals surface area contributed by atoms with Crippen molar-refractivity contribution in [2.45, 2.75) is 0 Å². The van der Waals surface area contributed by atoms with Crippen LogP contribution in [-0.2, 0) is 0 Å². The van der Waals surface area contributed by atoms with E-state index < -0.39 is 0 Å². The van der Waals surface area contributed by atoms with E-state index in [0.717, 1.165) is 5.69 Å². The van der Waals surface area contributed by atoms with Gasteiger partial charge in [-0.2, -0.15) is 0 Å². The standard InChI is InChI=1S/C52H34N2.C46H30N2/c1-2-10-35(11-3-1)37-18-20-38(21-19-37)39-22-27-43(28-23-39)53-49-16-8-6-14-45(49)47-33-41(25-30-51(47)53)42-26-31-52-48(34-42)46-15-7-9-17-50(46)54(52)44-29-24-36-12-4-5-13-40(36)32-44;1-2-13-32(14-3-1)37-16-6-9-19-42(37)48-44-21-11-8-18-39(44)41-30-35(24-27-46(41)48)34-23-26-45-40(29-34)38-17-7-10-20-43(38)47(45)36-25-22-31-12-4-5-15-33(31)28-36/h1-34H;1-30H. The van der Waals surface area contributed by atoms with Gasteiger partial charge in [-0.05, 0) is 187 Å². The predicted octanol–water partition coefficient (Wildman–Crippen LogP) is 26.4. The predicted molar refractivity (Wildman–Crippen MR) is 432 cm³/mol. The van der Waals surface area contributed by atoms with Crippen molar-refractivity contribution < 1.29 is 0 Å². The second-order valence-corrected chi connectivity index (χ2v) is 26.8. The molecule has 0 fully saturated rings. The maximum Gasteiger partial charge on any atom is 0.0541 e. The van der Waals surface area contributed by atoms with Crippen molar-refractivity contribution >= 4 is 109 Å². The zero-order valence-corrected chi connectivity index (χ0v) is 55.7. The lowest BCUT2D eigenvalue weighted by molar-refractivity contribution is 1.18. The Balaban J connectivity index is 0.000000138. The summed E-state index contributed by atoms with van der Waals surface area (Å²) in [5.74, 6) is 0. The van der Waals surface area contributed by atoms with Crippen molar-refractivity contribution in [3.8, 4) is 78.4 Å². The third-order valence-corrected chi connectivity index (χ3v) is 21.0. The second-order valence-electron chi connectivity index (χ2n) is 26.8. The number of rotatable bonds is 9. The Bertz CT molecular complexity index is 6840. The van der Waals surface area contributed by atoms with Crippen LogP contribution in [0.1, 0.15) is 0 Å². The van der Waals surface area contributed by atoms with Crippen LogP contribution < -0.4 is 0 Å². The molecule has 21 rings (SSSR count). The molecule has 0 saturated heterocycles. The SMILES string of the molecule is c1ccc(-c2ccc(-c3ccc(-n4c5ccccc5c5cc(-c6ccc7c(c6)c6ccccc6n7-c6ccc7ccccc7c6)ccc54)cc3)cc2)cc1.c1ccc(-c2ccccc2-n2c3ccccc3c3cc(-c4ccc5c(c4)c4ccccc4n5-c4ccc5ccccc5c4)ccc32)cc1. The van der Waals surface area contributed by atoms with Gasteiger partial charge in [0.05, 0.1) is 49.8 Å². The van der Waals surface area contributed by atoms with Gasteiger partial charge in [0.1, 0.15) is 0 Å². The van der Waals surface area contributed by atoms with E-state index in [0.29, 0.717) is 0 Å². The van der Waals surface area contributed by atoms with Crippen LogP contribution in [0.2, 0.25) is 0 Å². The molecular weight excluding hydrogens is 1230 g/mol. The molecule has 0 amide bonds. The molecule has 0 N–H and O–H groups in total. The fourth-order valence-corrected chi connectivity index (χ4v) is 16.2. The van der Waals surface area contributed by atoms with E-state index in [2.05, 4.69) is 407 Å². The molecule has 4 nitrogen and oxygen atoms in total. The van der Waals surface area contributed by atoms with E-state index in [1.165, 1.54) is 181 Å². The number of nitrogens with zero attached hydrogens (tertiary/aromatic N) is 4. The fraction of sp³-hybridized carbons (Fsp3) is 0. The average molecular weight is 1300 g/mol. The summed E-state index contributed by atoms with van der Waals surface area (Å²) in [6, 6.07) is 141. The monoisotopic (exact) mass is 1300 g/mol. The zero-order chi connectivity index (χ0) is 67.2. The molecular formula is C98H64N4. The Labute approximate surface area is 590 Å². The van der Waals surface area contributed by atoms with E-state index in [4.69, 9.17) is 0 Å². The van der Waals surface area contributed by atoms with Crippen LogP contribution in [0.5, 0.6) is 0 Å². The Morgan fingerprint density at radius 1 is 0.137 bits per heavy atom. The van der Waals surface area contributed by atoms with Crippen LogP contribution in [0, 0.1) is 0 Å². The van der Waals surface area contributed by atoms with Crippen LogP contribution in [0.25, 0.3) is 187 Å². The number of hydrogen-bond acceptors (Lipinski definition) is 0. The highest BCUT2D eigenvalue weighted by atomic mass is 15.0. The summed E-state index contributed by atoms with van der Waals surface area (Å²) in [4.78, 5) is 0. The lowest BCUT2D eigenvalue weighted by atomic mass is 10.00. The van der Waals surface area contributed by atoms with Crippen LogP contribution in [0.15, 0.2) is 388 Å². The highest BCUT2D eigenvalue weighted by Gasteiger charge is 2.21. The highest BCUT2D eigenvalue weighted by molar-refractivity contribution is 6.15. The van der Waals surface area contributed by atoms with Crippen molar-refractivity contribution in [2.24, 2.45) is 0 Å². The average Bonchev–Trinajstić information content (AvgIpc) is 1.59. The summed E-state index contributed by atoms with van der Waals surface area (Å²) < 4.78 is 9.64. The van der Waals surface area contributed by atoms with E-state index in [1.54, 1.807) is 0 Å². The molecule has 0 unspecified atom stereocenters. The summed E-state index contributed by atoms with van der Waals surface area (Å²) in [7, 11) is 0.